The molecule has 3 nitrogen and oxygen atoms in total. The van der Waals surface area contributed by atoms with Gasteiger partial charge in [-0.05, 0) is 18.9 Å². The van der Waals surface area contributed by atoms with E-state index in [4.69, 9.17) is 10.5 Å². The molecule has 98 valence electrons. The zero-order valence-corrected chi connectivity index (χ0v) is 10.3. The van der Waals surface area contributed by atoms with Crippen molar-refractivity contribution in [2.45, 2.75) is 44.8 Å². The Balaban J connectivity index is 2.00. The number of benzene rings is 1. The maximum Gasteiger partial charge on any atom is 0.251 e. The topological polar surface area (TPSA) is 52.3 Å². The SMILES string of the molecule is NC(=O)c1cccc(COC2CCCCC2)c1F. The number of hydrogen-bond acceptors (Lipinski definition) is 2. The first kappa shape index (κ1) is 13.0. The molecule has 18 heavy (non-hydrogen) atoms. The van der Waals surface area contributed by atoms with Crippen molar-refractivity contribution in [2.75, 3.05) is 0 Å². The van der Waals surface area contributed by atoms with Crippen LogP contribution < -0.4 is 5.73 Å². The van der Waals surface area contributed by atoms with Crippen molar-refractivity contribution >= 4 is 5.91 Å². The minimum Gasteiger partial charge on any atom is -0.373 e. The first-order chi connectivity index (χ1) is 8.68. The average molecular weight is 251 g/mol. The second-order valence-corrected chi connectivity index (χ2v) is 4.71. The number of carbonyl (C=O) groups is 1. The molecule has 1 aliphatic rings. The Morgan fingerprint density at radius 3 is 2.72 bits per heavy atom. The molecule has 1 aromatic carbocycles. The van der Waals surface area contributed by atoms with Gasteiger partial charge in [0.05, 0.1) is 18.3 Å². The maximum absolute atomic E-state index is 13.9. The number of rotatable bonds is 4. The highest BCUT2D eigenvalue weighted by atomic mass is 19.1. The molecule has 1 saturated carbocycles. The van der Waals surface area contributed by atoms with Crippen LogP contribution in [0.5, 0.6) is 0 Å². The van der Waals surface area contributed by atoms with Gasteiger partial charge in [-0.15, -0.1) is 0 Å². The number of carbonyl (C=O) groups excluding carboxylic acids is 1. The molecule has 2 rings (SSSR count). The van der Waals surface area contributed by atoms with Gasteiger partial charge in [-0.25, -0.2) is 4.39 Å². The quantitative estimate of drug-likeness (QED) is 0.894. The molecule has 2 N–H and O–H groups in total. The van der Waals surface area contributed by atoms with Crippen molar-refractivity contribution in [3.63, 3.8) is 0 Å². The predicted molar refractivity (Wildman–Crippen MR) is 66.6 cm³/mol. The van der Waals surface area contributed by atoms with Gasteiger partial charge >= 0.3 is 0 Å². The fraction of sp³-hybridized carbons (Fsp3) is 0.500. The highest BCUT2D eigenvalue weighted by Gasteiger charge is 2.16. The van der Waals surface area contributed by atoms with E-state index in [9.17, 15) is 9.18 Å². The molecule has 0 heterocycles. The molecule has 0 aliphatic heterocycles. The van der Waals surface area contributed by atoms with Crippen LogP contribution >= 0.6 is 0 Å². The zero-order valence-electron chi connectivity index (χ0n) is 10.3. The molecule has 0 spiro atoms. The Hall–Kier alpha value is -1.42. The van der Waals surface area contributed by atoms with E-state index < -0.39 is 11.7 Å². The minimum absolute atomic E-state index is 0.0697. The lowest BCUT2D eigenvalue weighted by atomic mass is 9.98. The lowest BCUT2D eigenvalue weighted by molar-refractivity contribution is 0.0155. The number of amides is 1. The Labute approximate surface area is 106 Å². The fourth-order valence-electron chi connectivity index (χ4n) is 2.32. The van der Waals surface area contributed by atoms with Crippen molar-refractivity contribution in [1.82, 2.24) is 0 Å². The zero-order chi connectivity index (χ0) is 13.0. The van der Waals surface area contributed by atoms with Crippen LogP contribution in [0.15, 0.2) is 18.2 Å². The second-order valence-electron chi connectivity index (χ2n) is 4.71. The number of primary amides is 1. The van der Waals surface area contributed by atoms with Crippen LogP contribution in [0, 0.1) is 5.82 Å². The van der Waals surface area contributed by atoms with Crippen LogP contribution in [0.4, 0.5) is 4.39 Å². The third-order valence-electron chi connectivity index (χ3n) is 3.37. The summed E-state index contributed by atoms with van der Waals surface area (Å²) in [5.41, 5.74) is 5.43. The number of ether oxygens (including phenoxy) is 1. The Morgan fingerprint density at radius 2 is 2.06 bits per heavy atom. The van der Waals surface area contributed by atoms with E-state index in [1.54, 1.807) is 12.1 Å². The normalized spacial score (nSPS) is 16.7. The third-order valence-corrected chi connectivity index (χ3v) is 3.37. The molecule has 4 heteroatoms. The first-order valence-electron chi connectivity index (χ1n) is 6.37. The van der Waals surface area contributed by atoms with Gasteiger partial charge < -0.3 is 10.5 Å². The average Bonchev–Trinajstić information content (AvgIpc) is 2.38. The standard InChI is InChI=1S/C14H18FNO2/c15-13-10(5-4-8-12(13)14(16)17)9-18-11-6-2-1-3-7-11/h4-5,8,11H,1-3,6-7,9H2,(H2,16,17). The fourth-order valence-corrected chi connectivity index (χ4v) is 2.32. The van der Waals surface area contributed by atoms with E-state index in [0.717, 1.165) is 12.8 Å². The molecule has 1 fully saturated rings. The van der Waals surface area contributed by atoms with Gasteiger partial charge in [-0.1, -0.05) is 31.4 Å². The molecular formula is C14H18FNO2. The summed E-state index contributed by atoms with van der Waals surface area (Å²) < 4.78 is 19.6. The van der Waals surface area contributed by atoms with E-state index in [1.807, 2.05) is 0 Å². The largest absolute Gasteiger partial charge is 0.373 e. The van der Waals surface area contributed by atoms with Gasteiger partial charge in [0.25, 0.3) is 5.91 Å². The lowest BCUT2D eigenvalue weighted by Crippen LogP contribution is -2.18. The predicted octanol–water partition coefficient (Wildman–Crippen LogP) is 2.77. The molecule has 0 radical (unpaired) electrons. The summed E-state index contributed by atoms with van der Waals surface area (Å²) >= 11 is 0. The second kappa shape index (κ2) is 5.96. The van der Waals surface area contributed by atoms with Crippen molar-refractivity contribution in [1.29, 1.82) is 0 Å². The molecule has 0 saturated heterocycles. The van der Waals surface area contributed by atoms with Crippen LogP contribution in [0.3, 0.4) is 0 Å². The number of nitrogens with two attached hydrogens (primary N) is 1. The van der Waals surface area contributed by atoms with Crippen LogP contribution in [0.2, 0.25) is 0 Å². The summed E-state index contributed by atoms with van der Waals surface area (Å²) in [7, 11) is 0. The lowest BCUT2D eigenvalue weighted by Gasteiger charge is -2.22. The molecule has 0 unspecified atom stereocenters. The molecular weight excluding hydrogens is 233 g/mol. The van der Waals surface area contributed by atoms with Crippen LogP contribution in [-0.4, -0.2) is 12.0 Å². The van der Waals surface area contributed by atoms with Gasteiger partial charge in [0.1, 0.15) is 5.82 Å². The van der Waals surface area contributed by atoms with Gasteiger partial charge in [-0.3, -0.25) is 4.79 Å². The molecule has 0 aromatic heterocycles. The van der Waals surface area contributed by atoms with E-state index in [1.165, 1.54) is 25.3 Å². The van der Waals surface area contributed by atoms with Crippen LogP contribution in [0.25, 0.3) is 0 Å². The summed E-state index contributed by atoms with van der Waals surface area (Å²) in [6, 6.07) is 4.65. The highest BCUT2D eigenvalue weighted by Crippen LogP contribution is 2.22. The van der Waals surface area contributed by atoms with Gasteiger partial charge in [0.2, 0.25) is 0 Å². The minimum atomic E-state index is -0.744. The third kappa shape index (κ3) is 3.07. The maximum atomic E-state index is 13.9. The first-order valence-corrected chi connectivity index (χ1v) is 6.37. The van der Waals surface area contributed by atoms with Gasteiger partial charge in [0, 0.05) is 5.56 Å². The van der Waals surface area contributed by atoms with Gasteiger partial charge in [-0.2, -0.15) is 0 Å². The molecule has 1 aromatic rings. The van der Waals surface area contributed by atoms with E-state index in [-0.39, 0.29) is 18.3 Å². The summed E-state index contributed by atoms with van der Waals surface area (Å²) in [5.74, 6) is -1.30. The Bertz CT molecular complexity index is 428. The molecule has 1 amide bonds. The monoisotopic (exact) mass is 251 g/mol. The van der Waals surface area contributed by atoms with E-state index in [0.29, 0.717) is 5.56 Å². The van der Waals surface area contributed by atoms with Gasteiger partial charge in [0.15, 0.2) is 0 Å². The smallest absolute Gasteiger partial charge is 0.251 e. The number of halogens is 1. The van der Waals surface area contributed by atoms with Crippen LogP contribution in [0.1, 0.15) is 48.0 Å². The van der Waals surface area contributed by atoms with Crippen molar-refractivity contribution in [3.05, 3.63) is 35.1 Å². The summed E-state index contributed by atoms with van der Waals surface area (Å²) in [4.78, 5) is 11.0. The Kier molecular flexibility index (Phi) is 4.31. The molecule has 1 aliphatic carbocycles. The van der Waals surface area contributed by atoms with Crippen molar-refractivity contribution < 1.29 is 13.9 Å². The Morgan fingerprint density at radius 1 is 1.33 bits per heavy atom. The van der Waals surface area contributed by atoms with E-state index >= 15 is 0 Å². The molecule has 0 atom stereocenters. The summed E-state index contributed by atoms with van der Waals surface area (Å²) in [6.45, 7) is 0.206. The molecule has 0 bridgehead atoms. The van der Waals surface area contributed by atoms with Crippen LogP contribution in [-0.2, 0) is 11.3 Å². The summed E-state index contributed by atoms with van der Waals surface area (Å²) in [5, 5.41) is 0. The summed E-state index contributed by atoms with van der Waals surface area (Å²) in [6.07, 6.45) is 5.90. The number of hydrogen-bond donors (Lipinski definition) is 1. The van der Waals surface area contributed by atoms with Crippen molar-refractivity contribution in [2.24, 2.45) is 5.73 Å². The van der Waals surface area contributed by atoms with E-state index in [2.05, 4.69) is 0 Å². The highest BCUT2D eigenvalue weighted by molar-refractivity contribution is 5.93. The van der Waals surface area contributed by atoms with Crippen molar-refractivity contribution in [3.8, 4) is 0 Å².